The van der Waals surface area contributed by atoms with Gasteiger partial charge in [-0.05, 0) is 48.6 Å². The highest BCUT2D eigenvalue weighted by atomic mass is 32.2. The van der Waals surface area contributed by atoms with Gasteiger partial charge in [-0.2, -0.15) is 4.31 Å². The third kappa shape index (κ3) is 4.29. The van der Waals surface area contributed by atoms with E-state index in [2.05, 4.69) is 15.8 Å². The third-order valence-electron chi connectivity index (χ3n) is 4.58. The molecule has 30 heavy (non-hydrogen) atoms. The van der Waals surface area contributed by atoms with Crippen LogP contribution in [0.5, 0.6) is 0 Å². The fourth-order valence-electron chi connectivity index (χ4n) is 3.00. The number of thiophene rings is 1. The molecular formula is C19H18N4O4S3. The lowest BCUT2D eigenvalue weighted by atomic mass is 10.2. The molecule has 2 aromatic heterocycles. The van der Waals surface area contributed by atoms with E-state index < -0.39 is 21.8 Å². The Kier molecular flexibility index (Phi) is 5.95. The van der Waals surface area contributed by atoms with Crippen molar-refractivity contribution in [2.45, 2.75) is 17.7 Å². The van der Waals surface area contributed by atoms with E-state index in [9.17, 15) is 18.0 Å². The lowest BCUT2D eigenvalue weighted by Gasteiger charge is -2.15. The molecule has 3 heterocycles. The number of carbonyl (C=O) groups is 2. The zero-order chi connectivity index (χ0) is 21.1. The summed E-state index contributed by atoms with van der Waals surface area (Å²) in [5, 5.41) is 4.28. The lowest BCUT2D eigenvalue weighted by molar-refractivity contribution is 0.0844. The van der Waals surface area contributed by atoms with Gasteiger partial charge in [0.2, 0.25) is 10.0 Å². The second kappa shape index (κ2) is 8.64. The van der Waals surface area contributed by atoms with Crippen LogP contribution in [0.2, 0.25) is 0 Å². The predicted octanol–water partition coefficient (Wildman–Crippen LogP) is 2.73. The van der Waals surface area contributed by atoms with Crippen molar-refractivity contribution in [3.63, 3.8) is 0 Å². The predicted molar refractivity (Wildman–Crippen MR) is 115 cm³/mol. The topological polar surface area (TPSA) is 108 Å². The molecule has 1 aliphatic rings. The number of rotatable bonds is 5. The SMILES string of the molecule is O=C(NNC(=O)c1csc(-c2cccs2)n1)c1ccc(S(=O)(=O)N2CCCC2)cc1. The van der Waals surface area contributed by atoms with E-state index in [1.165, 1.54) is 51.2 Å². The first-order valence-electron chi connectivity index (χ1n) is 9.15. The maximum atomic E-state index is 12.5. The molecule has 3 aromatic rings. The molecule has 0 saturated carbocycles. The molecule has 1 saturated heterocycles. The van der Waals surface area contributed by atoms with Crippen LogP contribution >= 0.6 is 22.7 Å². The number of nitrogens with zero attached hydrogens (tertiary/aromatic N) is 2. The molecule has 0 radical (unpaired) electrons. The Morgan fingerprint density at radius 2 is 1.67 bits per heavy atom. The fraction of sp³-hybridized carbons (Fsp3) is 0.211. The Labute approximate surface area is 181 Å². The van der Waals surface area contributed by atoms with Gasteiger partial charge in [-0.15, -0.1) is 22.7 Å². The molecule has 11 heteroatoms. The Bertz CT molecular complexity index is 1150. The highest BCUT2D eigenvalue weighted by Gasteiger charge is 2.27. The number of hydrogen-bond donors (Lipinski definition) is 2. The molecule has 8 nitrogen and oxygen atoms in total. The summed E-state index contributed by atoms with van der Waals surface area (Å²) >= 11 is 2.87. The molecule has 1 aromatic carbocycles. The van der Waals surface area contributed by atoms with Crippen LogP contribution in [0, 0.1) is 0 Å². The first-order valence-corrected chi connectivity index (χ1v) is 12.4. The molecule has 0 atom stereocenters. The van der Waals surface area contributed by atoms with Gasteiger partial charge >= 0.3 is 0 Å². The van der Waals surface area contributed by atoms with E-state index in [-0.39, 0.29) is 16.2 Å². The number of thiazole rings is 1. The Hall–Kier alpha value is -2.60. The van der Waals surface area contributed by atoms with Gasteiger partial charge in [0, 0.05) is 24.0 Å². The van der Waals surface area contributed by atoms with Gasteiger partial charge in [0.05, 0.1) is 9.77 Å². The minimum absolute atomic E-state index is 0.147. The molecule has 0 aliphatic carbocycles. The quantitative estimate of drug-likeness (QED) is 0.567. The van der Waals surface area contributed by atoms with E-state index in [1.807, 2.05) is 17.5 Å². The van der Waals surface area contributed by atoms with Crippen LogP contribution in [0.4, 0.5) is 0 Å². The summed E-state index contributed by atoms with van der Waals surface area (Å²) in [4.78, 5) is 29.9. The largest absolute Gasteiger partial charge is 0.289 e. The summed E-state index contributed by atoms with van der Waals surface area (Å²) in [7, 11) is -3.53. The highest BCUT2D eigenvalue weighted by Crippen LogP contribution is 2.27. The lowest BCUT2D eigenvalue weighted by Crippen LogP contribution is -2.41. The van der Waals surface area contributed by atoms with Gasteiger partial charge in [-0.1, -0.05) is 6.07 Å². The Morgan fingerprint density at radius 1 is 0.967 bits per heavy atom. The van der Waals surface area contributed by atoms with E-state index in [0.29, 0.717) is 13.1 Å². The van der Waals surface area contributed by atoms with Crippen LogP contribution in [-0.2, 0) is 10.0 Å². The van der Waals surface area contributed by atoms with Gasteiger partial charge in [0.1, 0.15) is 10.7 Å². The number of hydrazine groups is 1. The monoisotopic (exact) mass is 462 g/mol. The zero-order valence-electron chi connectivity index (χ0n) is 15.7. The number of sulfonamides is 1. The summed E-state index contributed by atoms with van der Waals surface area (Å²) in [6.45, 7) is 1.03. The van der Waals surface area contributed by atoms with E-state index in [4.69, 9.17) is 0 Å². The first kappa shape index (κ1) is 20.7. The number of carbonyl (C=O) groups excluding carboxylic acids is 2. The van der Waals surface area contributed by atoms with Crippen molar-refractivity contribution in [3.05, 3.63) is 58.4 Å². The fourth-order valence-corrected chi connectivity index (χ4v) is 6.13. The highest BCUT2D eigenvalue weighted by molar-refractivity contribution is 7.89. The number of hydrogen-bond acceptors (Lipinski definition) is 7. The maximum Gasteiger partial charge on any atom is 0.289 e. The molecule has 0 spiro atoms. The average molecular weight is 463 g/mol. The standard InChI is InChI=1S/C19H18N4O4S3/c24-17(13-5-7-14(8-6-13)30(26,27)23-9-1-2-10-23)21-22-18(25)15-12-29-19(20-15)16-4-3-11-28-16/h3-8,11-12H,1-2,9-10H2,(H,21,24)(H,22,25). The average Bonchev–Trinajstić information content (AvgIpc) is 3.52. The molecular weight excluding hydrogens is 444 g/mol. The van der Waals surface area contributed by atoms with Crippen molar-refractivity contribution in [2.75, 3.05) is 13.1 Å². The first-order chi connectivity index (χ1) is 14.4. The number of nitrogens with one attached hydrogen (secondary N) is 2. The van der Waals surface area contributed by atoms with Gasteiger partial charge in [-0.25, -0.2) is 13.4 Å². The van der Waals surface area contributed by atoms with E-state index in [0.717, 1.165) is 22.7 Å². The molecule has 2 amide bonds. The molecule has 2 N–H and O–H groups in total. The normalized spacial score (nSPS) is 14.5. The van der Waals surface area contributed by atoms with Gasteiger partial charge < -0.3 is 0 Å². The Balaban J connectivity index is 1.36. The van der Waals surface area contributed by atoms with Crippen molar-refractivity contribution in [2.24, 2.45) is 0 Å². The van der Waals surface area contributed by atoms with Crippen LogP contribution in [0.1, 0.15) is 33.7 Å². The minimum Gasteiger partial charge on any atom is -0.267 e. The second-order valence-corrected chi connectivity index (χ2v) is 10.3. The summed E-state index contributed by atoms with van der Waals surface area (Å²) < 4.78 is 26.5. The Morgan fingerprint density at radius 3 is 2.33 bits per heavy atom. The molecule has 0 unspecified atom stereocenters. The molecule has 1 fully saturated rings. The molecule has 1 aliphatic heterocycles. The van der Waals surface area contributed by atoms with E-state index in [1.54, 1.807) is 5.38 Å². The van der Waals surface area contributed by atoms with Crippen molar-refractivity contribution in [1.82, 2.24) is 20.1 Å². The van der Waals surface area contributed by atoms with Crippen LogP contribution in [-0.4, -0.2) is 42.6 Å². The van der Waals surface area contributed by atoms with Crippen LogP contribution in [0.15, 0.2) is 52.1 Å². The molecule has 0 bridgehead atoms. The summed E-state index contributed by atoms with van der Waals surface area (Å²) in [6, 6.07) is 9.46. The maximum absolute atomic E-state index is 12.5. The van der Waals surface area contributed by atoms with Crippen molar-refractivity contribution >= 4 is 44.5 Å². The van der Waals surface area contributed by atoms with Gasteiger partial charge in [-0.3, -0.25) is 20.4 Å². The zero-order valence-corrected chi connectivity index (χ0v) is 18.1. The molecule has 4 rings (SSSR count). The minimum atomic E-state index is -3.53. The van der Waals surface area contributed by atoms with Gasteiger partial charge in [0.15, 0.2) is 0 Å². The van der Waals surface area contributed by atoms with Crippen LogP contribution in [0.25, 0.3) is 9.88 Å². The number of aromatic nitrogens is 1. The van der Waals surface area contributed by atoms with E-state index >= 15 is 0 Å². The van der Waals surface area contributed by atoms with Crippen LogP contribution < -0.4 is 10.9 Å². The third-order valence-corrected chi connectivity index (χ3v) is 8.37. The number of amides is 2. The smallest absolute Gasteiger partial charge is 0.267 e. The second-order valence-electron chi connectivity index (χ2n) is 6.56. The summed E-state index contributed by atoms with van der Waals surface area (Å²) in [6.07, 6.45) is 1.71. The molecule has 156 valence electrons. The number of benzene rings is 1. The van der Waals surface area contributed by atoms with Crippen molar-refractivity contribution < 1.29 is 18.0 Å². The van der Waals surface area contributed by atoms with Crippen LogP contribution in [0.3, 0.4) is 0 Å². The summed E-state index contributed by atoms with van der Waals surface area (Å²) in [5.41, 5.74) is 5.09. The summed E-state index contributed by atoms with van der Waals surface area (Å²) in [5.74, 6) is -1.09. The van der Waals surface area contributed by atoms with Gasteiger partial charge in [0.25, 0.3) is 11.8 Å². The van der Waals surface area contributed by atoms with Crippen molar-refractivity contribution in [1.29, 1.82) is 0 Å². The van der Waals surface area contributed by atoms with Crippen molar-refractivity contribution in [3.8, 4) is 9.88 Å².